The lowest BCUT2D eigenvalue weighted by molar-refractivity contribution is -0.384. The molecule has 0 fully saturated rings. The van der Waals surface area contributed by atoms with Crippen molar-refractivity contribution >= 4 is 45.9 Å². The Morgan fingerprint density at radius 2 is 2.16 bits per heavy atom. The molecule has 1 amide bonds. The molecule has 2 heterocycles. The molecule has 25 heavy (non-hydrogen) atoms. The predicted molar refractivity (Wildman–Crippen MR) is 100 cm³/mol. The first-order chi connectivity index (χ1) is 12.0. The number of carbonyl (C=O) groups excluding carboxylic acids is 1. The minimum atomic E-state index is -0.503. The van der Waals surface area contributed by atoms with Gasteiger partial charge in [-0.1, -0.05) is 12.1 Å². The van der Waals surface area contributed by atoms with Crippen LogP contribution in [0.2, 0.25) is 0 Å². The number of thiophene rings is 1. The monoisotopic (exact) mass is 374 g/mol. The van der Waals surface area contributed by atoms with E-state index >= 15 is 0 Å². The highest BCUT2D eigenvalue weighted by Crippen LogP contribution is 2.30. The van der Waals surface area contributed by atoms with Crippen LogP contribution in [0.5, 0.6) is 0 Å². The normalized spacial score (nSPS) is 16.8. The third-order valence-corrected chi connectivity index (χ3v) is 4.81. The number of nitrogens with one attached hydrogen (secondary N) is 3. The van der Waals surface area contributed by atoms with Crippen molar-refractivity contribution in [3.05, 3.63) is 68.0 Å². The highest BCUT2D eigenvalue weighted by atomic mass is 32.1. The number of hydrogen-bond donors (Lipinski definition) is 3. The minimum Gasteiger partial charge on any atom is -0.350 e. The molecular formula is C16H14N4O3S2. The molecule has 3 N–H and O–H groups in total. The molecular weight excluding hydrogens is 360 g/mol. The first-order valence-electron chi connectivity index (χ1n) is 7.33. The lowest BCUT2D eigenvalue weighted by Crippen LogP contribution is -2.45. The maximum Gasteiger partial charge on any atom is 0.271 e. The summed E-state index contributed by atoms with van der Waals surface area (Å²) in [7, 11) is 0. The Morgan fingerprint density at radius 3 is 2.84 bits per heavy atom. The van der Waals surface area contributed by atoms with Crippen molar-refractivity contribution in [2.75, 3.05) is 5.32 Å². The zero-order valence-corrected chi connectivity index (χ0v) is 14.7. The van der Waals surface area contributed by atoms with Gasteiger partial charge in [-0.05, 0) is 36.7 Å². The lowest BCUT2D eigenvalue weighted by atomic mass is 10.0. The Hall–Kier alpha value is -2.78. The number of rotatable bonds is 4. The molecule has 0 unspecified atom stereocenters. The average molecular weight is 374 g/mol. The summed E-state index contributed by atoms with van der Waals surface area (Å²) in [4.78, 5) is 24.1. The molecule has 1 aliphatic heterocycles. The number of anilines is 1. The third-order valence-electron chi connectivity index (χ3n) is 3.66. The van der Waals surface area contributed by atoms with Crippen LogP contribution in [0.25, 0.3) is 0 Å². The zero-order valence-electron chi connectivity index (χ0n) is 13.1. The van der Waals surface area contributed by atoms with E-state index in [1.165, 1.54) is 29.5 Å². The molecule has 0 bridgehead atoms. The van der Waals surface area contributed by atoms with Crippen molar-refractivity contribution in [2.24, 2.45) is 0 Å². The molecule has 2 aromatic rings. The van der Waals surface area contributed by atoms with Gasteiger partial charge in [0.1, 0.15) is 0 Å². The highest BCUT2D eigenvalue weighted by molar-refractivity contribution is 7.80. The summed E-state index contributed by atoms with van der Waals surface area (Å²) in [5, 5.41) is 22.0. The van der Waals surface area contributed by atoms with E-state index in [0.717, 1.165) is 4.88 Å². The zero-order chi connectivity index (χ0) is 18.0. The van der Waals surface area contributed by atoms with E-state index in [-0.39, 0.29) is 17.6 Å². The van der Waals surface area contributed by atoms with Crippen molar-refractivity contribution in [2.45, 2.75) is 13.0 Å². The lowest BCUT2D eigenvalue weighted by Gasteiger charge is -2.29. The van der Waals surface area contributed by atoms with Crippen LogP contribution < -0.4 is 16.0 Å². The van der Waals surface area contributed by atoms with Gasteiger partial charge in [-0.25, -0.2) is 0 Å². The average Bonchev–Trinajstić information content (AvgIpc) is 3.08. The van der Waals surface area contributed by atoms with Crippen LogP contribution in [0.15, 0.2) is 53.0 Å². The highest BCUT2D eigenvalue weighted by Gasteiger charge is 2.30. The van der Waals surface area contributed by atoms with Gasteiger partial charge in [-0.2, -0.15) is 0 Å². The van der Waals surface area contributed by atoms with Crippen LogP contribution in [0.4, 0.5) is 11.4 Å². The van der Waals surface area contributed by atoms with Crippen LogP contribution in [-0.2, 0) is 4.79 Å². The number of non-ortho nitro benzene ring substituents is 1. The van der Waals surface area contributed by atoms with E-state index in [2.05, 4.69) is 16.0 Å². The third kappa shape index (κ3) is 3.67. The van der Waals surface area contributed by atoms with E-state index in [4.69, 9.17) is 12.2 Å². The Kier molecular flexibility index (Phi) is 4.77. The molecule has 7 nitrogen and oxygen atoms in total. The second-order valence-electron chi connectivity index (χ2n) is 5.35. The van der Waals surface area contributed by atoms with Gasteiger partial charge in [0.25, 0.3) is 11.6 Å². The summed E-state index contributed by atoms with van der Waals surface area (Å²) in [6.07, 6.45) is 0. The molecule has 1 aromatic carbocycles. The maximum absolute atomic E-state index is 12.8. The minimum absolute atomic E-state index is 0.0839. The summed E-state index contributed by atoms with van der Waals surface area (Å²) in [5.74, 6) is -0.348. The van der Waals surface area contributed by atoms with Gasteiger partial charge in [0.2, 0.25) is 0 Å². The number of carbonyl (C=O) groups is 1. The SMILES string of the molecule is CC1=C(C(=O)Nc2cccc([N+](=O)[O-])c2)[C@@H](c2cccs2)NC(=S)N1. The largest absolute Gasteiger partial charge is 0.350 e. The van der Waals surface area contributed by atoms with Gasteiger partial charge >= 0.3 is 0 Å². The molecule has 0 saturated heterocycles. The van der Waals surface area contributed by atoms with Crippen LogP contribution in [-0.4, -0.2) is 15.9 Å². The van der Waals surface area contributed by atoms with Crippen LogP contribution in [0.1, 0.15) is 17.8 Å². The van der Waals surface area contributed by atoms with Gasteiger partial charge in [0.15, 0.2) is 5.11 Å². The fraction of sp³-hybridized carbons (Fsp3) is 0.125. The van der Waals surface area contributed by atoms with Gasteiger partial charge < -0.3 is 16.0 Å². The Morgan fingerprint density at radius 1 is 1.36 bits per heavy atom. The summed E-state index contributed by atoms with van der Waals surface area (Å²) < 4.78 is 0. The van der Waals surface area contributed by atoms with E-state index in [0.29, 0.717) is 22.1 Å². The topological polar surface area (TPSA) is 96.3 Å². The van der Waals surface area contributed by atoms with E-state index in [9.17, 15) is 14.9 Å². The summed E-state index contributed by atoms with van der Waals surface area (Å²) in [6.45, 7) is 1.77. The standard InChI is InChI=1S/C16H14N4O3S2/c1-9-13(14(19-16(24)17-9)12-6-3-7-25-12)15(21)18-10-4-2-5-11(8-10)20(22)23/h2-8,14H,1H3,(H,18,21)(H2,17,19,24)/t14-/m1/s1. The van der Waals surface area contributed by atoms with Crippen LogP contribution >= 0.6 is 23.6 Å². The van der Waals surface area contributed by atoms with E-state index < -0.39 is 4.92 Å². The molecule has 9 heteroatoms. The molecule has 1 aromatic heterocycles. The molecule has 1 atom stereocenters. The summed E-state index contributed by atoms with van der Waals surface area (Å²) >= 11 is 6.70. The van der Waals surface area contributed by atoms with E-state index in [1.54, 1.807) is 13.0 Å². The Labute approximate surface area is 152 Å². The number of amides is 1. The van der Waals surface area contributed by atoms with Crippen LogP contribution in [0, 0.1) is 10.1 Å². The van der Waals surface area contributed by atoms with Crippen molar-refractivity contribution < 1.29 is 9.72 Å². The second kappa shape index (κ2) is 6.99. The van der Waals surface area contributed by atoms with Gasteiger partial charge in [0, 0.05) is 28.4 Å². The molecule has 1 aliphatic rings. The molecule has 0 saturated carbocycles. The van der Waals surface area contributed by atoms with Crippen molar-refractivity contribution in [3.63, 3.8) is 0 Å². The number of benzene rings is 1. The second-order valence-corrected chi connectivity index (χ2v) is 6.73. The molecule has 0 radical (unpaired) electrons. The van der Waals surface area contributed by atoms with Gasteiger partial charge in [-0.3, -0.25) is 14.9 Å². The Balaban J connectivity index is 1.91. The van der Waals surface area contributed by atoms with Gasteiger partial charge in [0.05, 0.1) is 16.5 Å². The van der Waals surface area contributed by atoms with Crippen molar-refractivity contribution in [1.82, 2.24) is 10.6 Å². The molecule has 128 valence electrons. The maximum atomic E-state index is 12.8. The fourth-order valence-electron chi connectivity index (χ4n) is 2.56. The molecule has 0 aliphatic carbocycles. The van der Waals surface area contributed by atoms with Crippen molar-refractivity contribution in [3.8, 4) is 0 Å². The first-order valence-corrected chi connectivity index (χ1v) is 8.62. The predicted octanol–water partition coefficient (Wildman–Crippen LogP) is 3.09. The van der Waals surface area contributed by atoms with Crippen LogP contribution in [0.3, 0.4) is 0 Å². The number of thiocarbonyl (C=S) groups is 1. The number of nitro benzene ring substituents is 1. The molecule has 0 spiro atoms. The number of nitro groups is 1. The quantitative estimate of drug-likeness (QED) is 0.432. The number of nitrogens with zero attached hydrogens (tertiary/aromatic N) is 1. The number of hydrogen-bond acceptors (Lipinski definition) is 5. The summed E-state index contributed by atoms with van der Waals surface area (Å²) in [5.41, 5.74) is 1.41. The smallest absolute Gasteiger partial charge is 0.271 e. The van der Waals surface area contributed by atoms with Gasteiger partial charge in [-0.15, -0.1) is 11.3 Å². The van der Waals surface area contributed by atoms with E-state index in [1.807, 2.05) is 17.5 Å². The summed E-state index contributed by atoms with van der Waals surface area (Å²) in [6, 6.07) is 9.28. The van der Waals surface area contributed by atoms with Crippen molar-refractivity contribution in [1.29, 1.82) is 0 Å². The fourth-order valence-corrected chi connectivity index (χ4v) is 3.61. The molecule has 3 rings (SSSR count). The number of allylic oxidation sites excluding steroid dienone is 1. The first kappa shape index (κ1) is 17.1. The Bertz CT molecular complexity index is 877.